The summed E-state index contributed by atoms with van der Waals surface area (Å²) in [6.45, 7) is 2.03. The quantitative estimate of drug-likeness (QED) is 0.717. The van der Waals surface area contributed by atoms with Gasteiger partial charge >= 0.3 is 0 Å². The number of aromatic amines is 1. The molecule has 1 unspecified atom stereocenters. The predicted octanol–water partition coefficient (Wildman–Crippen LogP) is 1.00. The van der Waals surface area contributed by atoms with E-state index in [0.717, 1.165) is 22.7 Å². The van der Waals surface area contributed by atoms with E-state index < -0.39 is 0 Å². The molecule has 0 aliphatic rings. The Morgan fingerprint density at radius 2 is 2.33 bits per heavy atom. The van der Waals surface area contributed by atoms with Crippen molar-refractivity contribution >= 4 is 5.65 Å². The summed E-state index contributed by atoms with van der Waals surface area (Å²) < 4.78 is 1.92. The van der Waals surface area contributed by atoms with Gasteiger partial charge in [-0.3, -0.25) is 4.40 Å². The molecule has 0 spiro atoms. The Hall–Kier alpha value is -2.21. The molecule has 6 nitrogen and oxygen atoms in total. The number of nitrogens with one attached hydrogen (secondary N) is 1. The lowest BCUT2D eigenvalue weighted by atomic mass is 10.1. The summed E-state index contributed by atoms with van der Waals surface area (Å²) in [5.41, 5.74) is 9.14. The normalized spacial score (nSPS) is 13.0. The van der Waals surface area contributed by atoms with Crippen LogP contribution < -0.4 is 5.73 Å². The second-order valence-electron chi connectivity index (χ2n) is 4.38. The van der Waals surface area contributed by atoms with Crippen LogP contribution in [0.4, 0.5) is 0 Å². The summed E-state index contributed by atoms with van der Waals surface area (Å²) in [7, 11) is 0. The predicted molar refractivity (Wildman–Crippen MR) is 66.9 cm³/mol. The third-order valence-electron chi connectivity index (χ3n) is 2.92. The fourth-order valence-corrected chi connectivity index (χ4v) is 1.99. The minimum absolute atomic E-state index is 0.205. The average Bonchev–Trinajstić information content (AvgIpc) is 2.97. The van der Waals surface area contributed by atoms with Crippen molar-refractivity contribution in [3.05, 3.63) is 47.9 Å². The average molecular weight is 242 g/mol. The lowest BCUT2D eigenvalue weighted by molar-refractivity contribution is 0.650. The third kappa shape index (κ3) is 1.86. The van der Waals surface area contributed by atoms with Crippen molar-refractivity contribution < 1.29 is 0 Å². The largest absolute Gasteiger partial charge is 0.348 e. The Morgan fingerprint density at radius 3 is 3.11 bits per heavy atom. The van der Waals surface area contributed by atoms with Crippen LogP contribution in [0.5, 0.6) is 0 Å². The molecule has 3 rings (SSSR count). The summed E-state index contributed by atoms with van der Waals surface area (Å²) >= 11 is 0. The van der Waals surface area contributed by atoms with Gasteiger partial charge in [0.15, 0.2) is 11.5 Å². The number of rotatable bonds is 3. The Kier molecular flexibility index (Phi) is 2.56. The number of imidazole rings is 1. The maximum Gasteiger partial charge on any atom is 0.161 e. The van der Waals surface area contributed by atoms with Gasteiger partial charge in [-0.2, -0.15) is 0 Å². The van der Waals surface area contributed by atoms with Gasteiger partial charge in [-0.05, 0) is 24.6 Å². The van der Waals surface area contributed by atoms with Gasteiger partial charge < -0.3 is 10.7 Å². The zero-order chi connectivity index (χ0) is 12.5. The van der Waals surface area contributed by atoms with Crippen LogP contribution in [0.1, 0.15) is 23.1 Å². The molecule has 6 heteroatoms. The first kappa shape index (κ1) is 10.9. The van der Waals surface area contributed by atoms with E-state index in [4.69, 9.17) is 5.73 Å². The van der Waals surface area contributed by atoms with Gasteiger partial charge in [0.25, 0.3) is 0 Å². The SMILES string of the molecule is Cc1ccn2c(C(N)Cc3cnc[nH]3)nnc2c1. The van der Waals surface area contributed by atoms with Crippen LogP contribution in [0.3, 0.4) is 0 Å². The van der Waals surface area contributed by atoms with Gasteiger partial charge in [-0.25, -0.2) is 4.98 Å². The molecular weight excluding hydrogens is 228 g/mol. The number of fused-ring (bicyclic) bond motifs is 1. The molecule has 0 aromatic carbocycles. The van der Waals surface area contributed by atoms with E-state index in [-0.39, 0.29) is 6.04 Å². The second kappa shape index (κ2) is 4.23. The molecule has 3 heterocycles. The Labute approximate surface area is 104 Å². The van der Waals surface area contributed by atoms with E-state index >= 15 is 0 Å². The fourth-order valence-electron chi connectivity index (χ4n) is 1.99. The van der Waals surface area contributed by atoms with Crippen LogP contribution in [-0.2, 0) is 6.42 Å². The number of aromatic nitrogens is 5. The molecule has 0 radical (unpaired) electrons. The van der Waals surface area contributed by atoms with Gasteiger partial charge in [0.05, 0.1) is 12.4 Å². The maximum atomic E-state index is 6.16. The molecule has 0 aliphatic carbocycles. The van der Waals surface area contributed by atoms with E-state index in [1.54, 1.807) is 12.5 Å². The molecule has 0 amide bonds. The molecule has 18 heavy (non-hydrogen) atoms. The van der Waals surface area contributed by atoms with E-state index in [1.165, 1.54) is 0 Å². The summed E-state index contributed by atoms with van der Waals surface area (Å²) in [6, 6.07) is 3.80. The van der Waals surface area contributed by atoms with E-state index in [0.29, 0.717) is 6.42 Å². The molecule has 0 saturated heterocycles. The van der Waals surface area contributed by atoms with E-state index in [2.05, 4.69) is 20.2 Å². The van der Waals surface area contributed by atoms with Crippen molar-refractivity contribution in [1.82, 2.24) is 24.6 Å². The highest BCUT2D eigenvalue weighted by atomic mass is 15.3. The molecule has 0 bridgehead atoms. The minimum Gasteiger partial charge on any atom is -0.348 e. The van der Waals surface area contributed by atoms with E-state index in [9.17, 15) is 0 Å². The monoisotopic (exact) mass is 242 g/mol. The van der Waals surface area contributed by atoms with Gasteiger partial charge in [0.2, 0.25) is 0 Å². The lowest BCUT2D eigenvalue weighted by Gasteiger charge is -2.08. The van der Waals surface area contributed by atoms with Gasteiger partial charge in [0.1, 0.15) is 0 Å². The second-order valence-corrected chi connectivity index (χ2v) is 4.38. The summed E-state index contributed by atoms with van der Waals surface area (Å²) in [5.74, 6) is 0.764. The Morgan fingerprint density at radius 1 is 1.44 bits per heavy atom. The molecule has 3 aromatic rings. The number of H-pyrrole nitrogens is 1. The van der Waals surface area contributed by atoms with Crippen molar-refractivity contribution in [3.63, 3.8) is 0 Å². The highest BCUT2D eigenvalue weighted by molar-refractivity contribution is 5.41. The topological polar surface area (TPSA) is 84.9 Å². The lowest BCUT2D eigenvalue weighted by Crippen LogP contribution is -2.17. The van der Waals surface area contributed by atoms with Crippen LogP contribution in [-0.4, -0.2) is 24.6 Å². The summed E-state index contributed by atoms with van der Waals surface area (Å²) in [6.07, 6.45) is 6.03. The van der Waals surface area contributed by atoms with Crippen molar-refractivity contribution in [2.45, 2.75) is 19.4 Å². The number of hydrogen-bond acceptors (Lipinski definition) is 4. The molecule has 3 aromatic heterocycles. The molecule has 3 N–H and O–H groups in total. The third-order valence-corrected chi connectivity index (χ3v) is 2.92. The van der Waals surface area contributed by atoms with Crippen LogP contribution >= 0.6 is 0 Å². The van der Waals surface area contributed by atoms with Crippen LogP contribution in [0.25, 0.3) is 5.65 Å². The summed E-state index contributed by atoms with van der Waals surface area (Å²) in [4.78, 5) is 7.02. The van der Waals surface area contributed by atoms with Crippen LogP contribution in [0, 0.1) is 6.92 Å². The fraction of sp³-hybridized carbons (Fsp3) is 0.250. The number of aryl methyl sites for hydroxylation is 1. The van der Waals surface area contributed by atoms with Crippen molar-refractivity contribution in [1.29, 1.82) is 0 Å². The zero-order valence-electron chi connectivity index (χ0n) is 10.0. The molecule has 0 saturated carbocycles. The van der Waals surface area contributed by atoms with Gasteiger partial charge in [0, 0.05) is 24.5 Å². The minimum atomic E-state index is -0.205. The Bertz CT molecular complexity index is 654. The number of nitrogens with zero attached hydrogens (tertiary/aromatic N) is 4. The first-order valence-corrected chi connectivity index (χ1v) is 5.78. The molecule has 92 valence electrons. The molecular formula is C12H14N6. The Balaban J connectivity index is 1.94. The molecule has 1 atom stereocenters. The first-order valence-electron chi connectivity index (χ1n) is 5.78. The van der Waals surface area contributed by atoms with Gasteiger partial charge in [-0.15, -0.1) is 10.2 Å². The molecule has 0 fully saturated rings. The highest BCUT2D eigenvalue weighted by Crippen LogP contribution is 2.15. The summed E-state index contributed by atoms with van der Waals surface area (Å²) in [5, 5.41) is 8.31. The van der Waals surface area contributed by atoms with Crippen molar-refractivity contribution in [2.24, 2.45) is 5.73 Å². The van der Waals surface area contributed by atoms with Gasteiger partial charge in [-0.1, -0.05) is 0 Å². The smallest absolute Gasteiger partial charge is 0.161 e. The maximum absolute atomic E-state index is 6.16. The number of hydrogen-bond donors (Lipinski definition) is 2. The van der Waals surface area contributed by atoms with Crippen molar-refractivity contribution in [2.75, 3.05) is 0 Å². The van der Waals surface area contributed by atoms with Crippen LogP contribution in [0.15, 0.2) is 30.9 Å². The highest BCUT2D eigenvalue weighted by Gasteiger charge is 2.15. The molecule has 0 aliphatic heterocycles. The zero-order valence-corrected chi connectivity index (χ0v) is 10.0. The standard InChI is InChI=1S/C12H14N6/c1-8-2-3-18-11(4-8)16-17-12(18)10(13)5-9-6-14-7-15-9/h2-4,6-7,10H,5,13H2,1H3,(H,14,15). The van der Waals surface area contributed by atoms with Crippen molar-refractivity contribution in [3.8, 4) is 0 Å². The van der Waals surface area contributed by atoms with E-state index in [1.807, 2.05) is 29.7 Å². The number of nitrogens with two attached hydrogens (primary N) is 1. The number of pyridine rings is 1. The first-order chi connectivity index (χ1) is 8.74. The van der Waals surface area contributed by atoms with Crippen LogP contribution in [0.2, 0.25) is 0 Å².